The van der Waals surface area contributed by atoms with Crippen molar-refractivity contribution in [2.75, 3.05) is 7.11 Å². The van der Waals surface area contributed by atoms with E-state index in [4.69, 9.17) is 4.74 Å². The third-order valence-corrected chi connectivity index (χ3v) is 4.01. The van der Waals surface area contributed by atoms with E-state index >= 15 is 0 Å². The Balaban J connectivity index is 1.92. The summed E-state index contributed by atoms with van der Waals surface area (Å²) in [5, 5.41) is 2.50. The molecule has 17 heavy (non-hydrogen) atoms. The first-order valence-corrected chi connectivity index (χ1v) is 6.76. The third-order valence-electron chi connectivity index (χ3n) is 4.01. The minimum absolute atomic E-state index is 0.800. The molecule has 0 heterocycles. The molecule has 0 unspecified atom stereocenters. The summed E-state index contributed by atoms with van der Waals surface area (Å²) in [5.41, 5.74) is 1.31. The fraction of sp³-hybridized carbons (Fsp3) is 0.600. The number of hydrogen-bond acceptors (Lipinski definition) is 1. The van der Waals surface area contributed by atoms with Crippen LogP contribution in [0.5, 0.6) is 5.75 Å². The van der Waals surface area contributed by atoms with Crippen LogP contribution in [0.2, 0.25) is 0 Å². The van der Waals surface area contributed by atoms with Crippen LogP contribution < -0.4 is 10.1 Å². The predicted molar refractivity (Wildman–Crippen MR) is 70.0 cm³/mol. The third kappa shape index (κ3) is 3.22. The van der Waals surface area contributed by atoms with E-state index in [-0.39, 0.29) is 0 Å². The second-order valence-corrected chi connectivity index (χ2v) is 5.18. The minimum Gasteiger partial charge on any atom is -0.496 e. The number of rotatable bonds is 4. The monoisotopic (exact) mass is 234 g/mol. The van der Waals surface area contributed by atoms with Crippen molar-refractivity contribution in [2.45, 2.75) is 45.2 Å². The van der Waals surface area contributed by atoms with Crippen molar-refractivity contribution in [2.24, 2.45) is 5.92 Å². The van der Waals surface area contributed by atoms with Gasteiger partial charge in [-0.3, -0.25) is 0 Å². The molecule has 0 spiro atoms. The van der Waals surface area contributed by atoms with Gasteiger partial charge >= 0.3 is 0 Å². The first kappa shape index (κ1) is 12.4. The maximum absolute atomic E-state index is 5.39. The second-order valence-electron chi connectivity index (χ2n) is 5.18. The van der Waals surface area contributed by atoms with Gasteiger partial charge in [-0.05, 0) is 31.4 Å². The fourth-order valence-electron chi connectivity index (χ4n) is 2.85. The van der Waals surface area contributed by atoms with Crippen LogP contribution in [0.25, 0.3) is 0 Å². The van der Waals surface area contributed by atoms with Gasteiger partial charge in [-0.25, -0.2) is 0 Å². The Kier molecular flexibility index (Phi) is 4.43. The summed E-state index contributed by atoms with van der Waals surface area (Å²) in [6, 6.07) is 9.14. The lowest BCUT2D eigenvalue weighted by molar-refractivity contribution is -0.712. The van der Waals surface area contributed by atoms with Gasteiger partial charge in [0.2, 0.25) is 0 Å². The molecule has 2 N–H and O–H groups in total. The second kappa shape index (κ2) is 6.06. The summed E-state index contributed by atoms with van der Waals surface area (Å²) in [6.45, 7) is 3.43. The Bertz CT molecular complexity index is 351. The number of benzene rings is 1. The Morgan fingerprint density at radius 3 is 2.76 bits per heavy atom. The van der Waals surface area contributed by atoms with Crippen LogP contribution in [-0.4, -0.2) is 13.2 Å². The van der Waals surface area contributed by atoms with Crippen LogP contribution in [0, 0.1) is 5.92 Å². The first-order valence-electron chi connectivity index (χ1n) is 6.76. The molecular weight excluding hydrogens is 210 g/mol. The quantitative estimate of drug-likeness (QED) is 0.850. The molecule has 1 aliphatic carbocycles. The molecule has 0 aliphatic heterocycles. The molecule has 2 nitrogen and oxygen atoms in total. The largest absolute Gasteiger partial charge is 0.496 e. The van der Waals surface area contributed by atoms with E-state index in [0.29, 0.717) is 0 Å². The molecule has 1 saturated carbocycles. The van der Waals surface area contributed by atoms with Crippen LogP contribution in [0.15, 0.2) is 24.3 Å². The molecule has 0 saturated heterocycles. The Morgan fingerprint density at radius 1 is 1.24 bits per heavy atom. The maximum atomic E-state index is 5.39. The lowest BCUT2D eigenvalue weighted by atomic mass is 9.86. The summed E-state index contributed by atoms with van der Waals surface area (Å²) >= 11 is 0. The molecule has 0 radical (unpaired) electrons. The summed E-state index contributed by atoms with van der Waals surface area (Å²) in [5.74, 6) is 1.88. The molecule has 1 aliphatic rings. The van der Waals surface area contributed by atoms with Crippen molar-refractivity contribution in [1.82, 2.24) is 0 Å². The van der Waals surface area contributed by atoms with E-state index in [1.807, 2.05) is 12.1 Å². The zero-order chi connectivity index (χ0) is 12.1. The highest BCUT2D eigenvalue weighted by molar-refractivity contribution is 5.32. The Morgan fingerprint density at radius 2 is 2.00 bits per heavy atom. The van der Waals surface area contributed by atoms with Crippen molar-refractivity contribution in [1.29, 1.82) is 0 Å². The van der Waals surface area contributed by atoms with E-state index in [1.54, 1.807) is 7.11 Å². The van der Waals surface area contributed by atoms with E-state index in [0.717, 1.165) is 24.3 Å². The van der Waals surface area contributed by atoms with Crippen LogP contribution in [-0.2, 0) is 6.54 Å². The van der Waals surface area contributed by atoms with Crippen molar-refractivity contribution in [3.8, 4) is 5.75 Å². The lowest BCUT2D eigenvalue weighted by Crippen LogP contribution is -2.90. The molecule has 1 aromatic rings. The average molecular weight is 234 g/mol. The normalized spacial score (nSPS) is 24.6. The number of hydrogen-bond donors (Lipinski definition) is 1. The van der Waals surface area contributed by atoms with Gasteiger partial charge in [-0.1, -0.05) is 25.5 Å². The van der Waals surface area contributed by atoms with Gasteiger partial charge in [0, 0.05) is 11.5 Å². The van der Waals surface area contributed by atoms with Crippen molar-refractivity contribution in [3.63, 3.8) is 0 Å². The van der Waals surface area contributed by atoms with Crippen molar-refractivity contribution < 1.29 is 10.1 Å². The highest BCUT2D eigenvalue weighted by Gasteiger charge is 2.24. The molecule has 0 aromatic heterocycles. The Hall–Kier alpha value is -1.02. The minimum atomic E-state index is 0.800. The van der Waals surface area contributed by atoms with Crippen molar-refractivity contribution in [3.05, 3.63) is 29.8 Å². The molecule has 0 amide bonds. The van der Waals surface area contributed by atoms with E-state index in [2.05, 4.69) is 24.4 Å². The molecule has 2 atom stereocenters. The van der Waals surface area contributed by atoms with Crippen LogP contribution in [0.4, 0.5) is 0 Å². The van der Waals surface area contributed by atoms with Gasteiger partial charge in [0.25, 0.3) is 0 Å². The molecule has 2 heteroatoms. The Labute approximate surface area is 104 Å². The van der Waals surface area contributed by atoms with Gasteiger partial charge in [-0.15, -0.1) is 0 Å². The molecule has 0 bridgehead atoms. The fourth-order valence-corrected chi connectivity index (χ4v) is 2.85. The molecule has 94 valence electrons. The van der Waals surface area contributed by atoms with E-state index in [9.17, 15) is 0 Å². The summed E-state index contributed by atoms with van der Waals surface area (Å²) < 4.78 is 5.39. The van der Waals surface area contributed by atoms with Crippen molar-refractivity contribution >= 4 is 0 Å². The van der Waals surface area contributed by atoms with E-state index < -0.39 is 0 Å². The van der Waals surface area contributed by atoms with Gasteiger partial charge in [0.05, 0.1) is 13.2 Å². The number of para-hydroxylation sites is 1. The van der Waals surface area contributed by atoms with Crippen LogP contribution in [0.3, 0.4) is 0 Å². The summed E-state index contributed by atoms with van der Waals surface area (Å²) in [6.07, 6.45) is 5.58. The average Bonchev–Trinajstić information content (AvgIpc) is 2.38. The van der Waals surface area contributed by atoms with E-state index in [1.165, 1.54) is 31.2 Å². The smallest absolute Gasteiger partial charge is 0.127 e. The molecule has 1 fully saturated rings. The first-order chi connectivity index (χ1) is 8.31. The number of quaternary nitrogens is 1. The molecule has 2 rings (SSSR count). The highest BCUT2D eigenvalue weighted by Crippen LogP contribution is 2.22. The number of nitrogens with two attached hydrogens (primary N) is 1. The zero-order valence-electron chi connectivity index (χ0n) is 11.0. The molecular formula is C15H24NO+. The maximum Gasteiger partial charge on any atom is 0.127 e. The topological polar surface area (TPSA) is 25.8 Å². The lowest BCUT2D eigenvalue weighted by Gasteiger charge is -2.26. The summed E-state index contributed by atoms with van der Waals surface area (Å²) in [4.78, 5) is 0. The van der Waals surface area contributed by atoms with Gasteiger partial charge in [-0.2, -0.15) is 0 Å². The predicted octanol–water partition coefficient (Wildman–Crippen LogP) is 2.34. The number of methoxy groups -OCH3 is 1. The van der Waals surface area contributed by atoms with Crippen LogP contribution >= 0.6 is 0 Å². The van der Waals surface area contributed by atoms with Gasteiger partial charge in [0.1, 0.15) is 12.3 Å². The zero-order valence-corrected chi connectivity index (χ0v) is 11.0. The molecule has 1 aromatic carbocycles. The van der Waals surface area contributed by atoms with Gasteiger partial charge < -0.3 is 10.1 Å². The number of ether oxygens (including phenoxy) is 1. The summed E-state index contributed by atoms with van der Waals surface area (Å²) in [7, 11) is 1.75. The standard InChI is InChI=1S/C15H23NO/c1-12-7-3-5-9-14(12)16-11-13-8-4-6-10-15(13)17-2/h4,6,8,10,12,14,16H,3,5,7,9,11H2,1-2H3/p+1/t12-,14-/m0/s1. The van der Waals surface area contributed by atoms with Gasteiger partial charge in [0.15, 0.2) is 0 Å². The highest BCUT2D eigenvalue weighted by atomic mass is 16.5. The van der Waals surface area contributed by atoms with Crippen LogP contribution in [0.1, 0.15) is 38.2 Å². The SMILES string of the molecule is COc1ccccc1C[NH2+][C@H]1CCCC[C@@H]1C.